The molecule has 3 amide bonds. The second kappa shape index (κ2) is 12.7. The molecule has 7 nitrogen and oxygen atoms in total. The number of ether oxygens (including phenoxy) is 1. The molecule has 0 aromatic heterocycles. The van der Waals surface area contributed by atoms with Gasteiger partial charge in [-0.05, 0) is 59.1 Å². The van der Waals surface area contributed by atoms with Crippen LogP contribution in [0.1, 0.15) is 71.6 Å². The predicted molar refractivity (Wildman–Crippen MR) is 131 cm³/mol. The summed E-state index contributed by atoms with van der Waals surface area (Å²) in [5.74, 6) is -0.548. The van der Waals surface area contributed by atoms with Crippen molar-refractivity contribution in [3.8, 4) is 0 Å². The molecule has 2 atom stereocenters. The largest absolute Gasteiger partial charge is 0.444 e. The van der Waals surface area contributed by atoms with E-state index in [0.717, 1.165) is 24.0 Å². The second-order valence-electron chi connectivity index (χ2n) is 9.19. The number of benzene rings is 1. The number of amides is 3. The molecule has 32 heavy (non-hydrogen) atoms. The van der Waals surface area contributed by atoms with E-state index in [4.69, 9.17) is 4.74 Å². The van der Waals surface area contributed by atoms with Gasteiger partial charge in [0.1, 0.15) is 17.7 Å². The van der Waals surface area contributed by atoms with Crippen molar-refractivity contribution in [3.63, 3.8) is 0 Å². The maximum Gasteiger partial charge on any atom is 0.408 e. The fourth-order valence-corrected chi connectivity index (χ4v) is 3.49. The van der Waals surface area contributed by atoms with Crippen LogP contribution in [0.25, 0.3) is 0 Å². The van der Waals surface area contributed by atoms with E-state index in [1.54, 1.807) is 25.7 Å². The van der Waals surface area contributed by atoms with Gasteiger partial charge in [-0.15, -0.1) is 0 Å². The van der Waals surface area contributed by atoms with E-state index in [9.17, 15) is 14.4 Å². The second-order valence-corrected chi connectivity index (χ2v) is 9.55. The smallest absolute Gasteiger partial charge is 0.408 e. The third kappa shape index (κ3) is 8.73. The molecule has 0 heterocycles. The van der Waals surface area contributed by atoms with Crippen LogP contribution < -0.4 is 10.6 Å². The molecule has 0 saturated carbocycles. The van der Waals surface area contributed by atoms with Crippen LogP contribution in [0.3, 0.4) is 0 Å². The van der Waals surface area contributed by atoms with Gasteiger partial charge in [-0.1, -0.05) is 37.6 Å². The highest BCUT2D eigenvalue weighted by atomic mass is 32.1. The Labute approximate surface area is 198 Å². The molecule has 180 valence electrons. The lowest BCUT2D eigenvalue weighted by Gasteiger charge is -2.35. The van der Waals surface area contributed by atoms with E-state index in [0.29, 0.717) is 6.54 Å². The van der Waals surface area contributed by atoms with E-state index >= 15 is 0 Å². The number of alkyl carbamates (subject to hydrolysis) is 1. The lowest BCUT2D eigenvalue weighted by atomic mass is 9.97. The Kier molecular flexibility index (Phi) is 11.1. The van der Waals surface area contributed by atoms with Gasteiger partial charge < -0.3 is 20.3 Å². The first-order valence-electron chi connectivity index (χ1n) is 11.2. The van der Waals surface area contributed by atoms with Crippen molar-refractivity contribution in [1.29, 1.82) is 0 Å². The minimum atomic E-state index is -0.927. The standard InChI is InChI=1S/C24H39N3O4S/c1-8-9-14-27(22(29)19(15-32)26-23(30)31-24(5,6)7)20(21(28)25-16(2)3)18-13-11-10-12-17(18)4/h10-13,16,19-20,32H,8-9,14-15H2,1-7H3,(H,25,28)(H,26,30). The van der Waals surface area contributed by atoms with Crippen LogP contribution in [0.4, 0.5) is 4.79 Å². The van der Waals surface area contributed by atoms with Crippen LogP contribution >= 0.6 is 12.6 Å². The van der Waals surface area contributed by atoms with Crippen molar-refractivity contribution in [2.24, 2.45) is 0 Å². The van der Waals surface area contributed by atoms with Crippen molar-refractivity contribution in [3.05, 3.63) is 35.4 Å². The van der Waals surface area contributed by atoms with Crippen molar-refractivity contribution >= 4 is 30.5 Å². The summed E-state index contributed by atoms with van der Waals surface area (Å²) >= 11 is 4.29. The summed E-state index contributed by atoms with van der Waals surface area (Å²) in [6.07, 6.45) is 0.870. The SMILES string of the molecule is CCCCN(C(=O)C(CS)NC(=O)OC(C)(C)C)C(C(=O)NC(C)C)c1ccccc1C. The number of rotatable bonds is 10. The van der Waals surface area contributed by atoms with Crippen molar-refractivity contribution < 1.29 is 19.1 Å². The number of nitrogens with one attached hydrogen (secondary N) is 2. The zero-order valence-corrected chi connectivity index (χ0v) is 21.3. The molecule has 1 aromatic rings. The molecule has 0 aliphatic heterocycles. The van der Waals surface area contributed by atoms with Gasteiger partial charge in [0.15, 0.2) is 0 Å². The summed E-state index contributed by atoms with van der Waals surface area (Å²) in [7, 11) is 0. The van der Waals surface area contributed by atoms with Gasteiger partial charge in [-0.3, -0.25) is 9.59 Å². The first-order valence-corrected chi connectivity index (χ1v) is 11.8. The predicted octanol–water partition coefficient (Wildman–Crippen LogP) is 4.01. The van der Waals surface area contributed by atoms with Gasteiger partial charge in [0, 0.05) is 18.3 Å². The Bertz CT molecular complexity index is 777. The van der Waals surface area contributed by atoms with E-state index in [1.807, 2.05) is 52.0 Å². The van der Waals surface area contributed by atoms with Gasteiger partial charge in [0.25, 0.3) is 0 Å². The minimum Gasteiger partial charge on any atom is -0.444 e. The number of thiol groups is 1. The summed E-state index contributed by atoms with van der Waals surface area (Å²) in [4.78, 5) is 40.8. The monoisotopic (exact) mass is 465 g/mol. The molecule has 0 fully saturated rings. The van der Waals surface area contributed by atoms with Gasteiger partial charge in [0.05, 0.1) is 0 Å². The molecule has 0 radical (unpaired) electrons. The topological polar surface area (TPSA) is 87.7 Å². The van der Waals surface area contributed by atoms with Crippen LogP contribution in [0.5, 0.6) is 0 Å². The van der Waals surface area contributed by atoms with Gasteiger partial charge in [-0.2, -0.15) is 12.6 Å². The highest BCUT2D eigenvalue weighted by Gasteiger charge is 2.36. The third-order valence-electron chi connectivity index (χ3n) is 4.68. The normalized spacial score (nSPS) is 13.3. The Morgan fingerprint density at radius 2 is 1.75 bits per heavy atom. The molecule has 0 saturated heterocycles. The molecule has 0 aliphatic rings. The Hall–Kier alpha value is -2.22. The average molecular weight is 466 g/mol. The molecule has 0 aliphatic carbocycles. The fourth-order valence-electron chi connectivity index (χ4n) is 3.24. The first-order chi connectivity index (χ1) is 14.9. The summed E-state index contributed by atoms with van der Waals surface area (Å²) < 4.78 is 5.31. The van der Waals surface area contributed by atoms with Crippen LogP contribution in [0.15, 0.2) is 24.3 Å². The zero-order valence-electron chi connectivity index (χ0n) is 20.4. The zero-order chi connectivity index (χ0) is 24.5. The third-order valence-corrected chi connectivity index (χ3v) is 5.05. The summed E-state index contributed by atoms with van der Waals surface area (Å²) in [5.41, 5.74) is 0.968. The Balaban J connectivity index is 3.36. The van der Waals surface area contributed by atoms with Crippen molar-refractivity contribution in [1.82, 2.24) is 15.5 Å². The Morgan fingerprint density at radius 3 is 2.25 bits per heavy atom. The van der Waals surface area contributed by atoms with Crippen molar-refractivity contribution in [2.45, 2.75) is 85.0 Å². The number of hydrogen-bond acceptors (Lipinski definition) is 5. The van der Waals surface area contributed by atoms with Crippen LogP contribution in [-0.2, 0) is 14.3 Å². The number of nitrogens with zero attached hydrogens (tertiary/aromatic N) is 1. The van der Waals surface area contributed by atoms with E-state index in [2.05, 4.69) is 23.3 Å². The highest BCUT2D eigenvalue weighted by Crippen LogP contribution is 2.26. The molecular formula is C24H39N3O4S. The van der Waals surface area contributed by atoms with E-state index < -0.39 is 23.8 Å². The maximum absolute atomic E-state index is 13.6. The number of unbranched alkanes of at least 4 members (excludes halogenated alkanes) is 1. The fraction of sp³-hybridized carbons (Fsp3) is 0.625. The molecule has 2 N–H and O–H groups in total. The minimum absolute atomic E-state index is 0.0764. The van der Waals surface area contributed by atoms with E-state index in [-0.39, 0.29) is 23.6 Å². The summed E-state index contributed by atoms with van der Waals surface area (Å²) in [6.45, 7) is 13.3. The van der Waals surface area contributed by atoms with Crippen LogP contribution in [0.2, 0.25) is 0 Å². The van der Waals surface area contributed by atoms with Gasteiger partial charge in [0.2, 0.25) is 11.8 Å². The number of hydrogen-bond donors (Lipinski definition) is 3. The molecule has 0 bridgehead atoms. The first kappa shape index (κ1) is 27.8. The van der Waals surface area contributed by atoms with Crippen LogP contribution in [-0.4, -0.2) is 52.8 Å². The highest BCUT2D eigenvalue weighted by molar-refractivity contribution is 7.80. The maximum atomic E-state index is 13.6. The number of carbonyl (C=O) groups is 3. The van der Waals surface area contributed by atoms with Crippen LogP contribution in [0, 0.1) is 6.92 Å². The summed E-state index contributed by atoms with van der Waals surface area (Å²) in [6, 6.07) is 5.71. The number of carbonyl (C=O) groups excluding carboxylic acids is 3. The van der Waals surface area contributed by atoms with Gasteiger partial charge >= 0.3 is 6.09 Å². The summed E-state index contributed by atoms with van der Waals surface area (Å²) in [5, 5.41) is 5.57. The lowest BCUT2D eigenvalue weighted by Crippen LogP contribution is -2.54. The molecule has 8 heteroatoms. The Morgan fingerprint density at radius 1 is 1.12 bits per heavy atom. The average Bonchev–Trinajstić information content (AvgIpc) is 2.67. The molecule has 1 rings (SSSR count). The number of aryl methyl sites for hydroxylation is 1. The quantitative estimate of drug-likeness (QED) is 0.456. The van der Waals surface area contributed by atoms with Gasteiger partial charge in [-0.25, -0.2) is 4.79 Å². The molecular weight excluding hydrogens is 426 g/mol. The van der Waals surface area contributed by atoms with E-state index in [1.165, 1.54) is 0 Å². The molecule has 0 spiro atoms. The molecule has 2 unspecified atom stereocenters. The lowest BCUT2D eigenvalue weighted by molar-refractivity contribution is -0.142. The van der Waals surface area contributed by atoms with Crippen molar-refractivity contribution in [2.75, 3.05) is 12.3 Å². The molecule has 1 aromatic carbocycles.